The Balaban J connectivity index is 1.88. The first-order valence-corrected chi connectivity index (χ1v) is 7.12. The molecule has 1 heteroatoms. The summed E-state index contributed by atoms with van der Waals surface area (Å²) in [4.78, 5) is 0. The smallest absolute Gasteiger partial charge is 0.0213 e. The Labute approximate surface area is 105 Å². The molecule has 1 spiro atoms. The first-order valence-electron chi connectivity index (χ1n) is 7.12. The fourth-order valence-electron chi connectivity index (χ4n) is 3.84. The lowest BCUT2D eigenvalue weighted by Crippen LogP contribution is -2.45. The van der Waals surface area contributed by atoms with Gasteiger partial charge in [0.1, 0.15) is 0 Å². The molecular weight excluding hydrogens is 206 g/mol. The van der Waals surface area contributed by atoms with Crippen molar-refractivity contribution in [3.05, 3.63) is 35.4 Å². The first kappa shape index (κ1) is 11.3. The number of nitrogens with one attached hydrogen (secondary N) is 1. The van der Waals surface area contributed by atoms with Crippen molar-refractivity contribution in [3.63, 3.8) is 0 Å². The molecule has 1 aromatic rings. The van der Waals surface area contributed by atoms with Crippen molar-refractivity contribution < 1.29 is 0 Å². The SMILES string of the molecule is C[C@@H]1CC2(CCCCC2)NCc2ccccc21. The van der Waals surface area contributed by atoms with E-state index in [4.69, 9.17) is 0 Å². The molecular formula is C16H23N. The summed E-state index contributed by atoms with van der Waals surface area (Å²) in [5.41, 5.74) is 3.53. The molecule has 0 bridgehead atoms. The molecule has 1 atom stereocenters. The predicted molar refractivity (Wildman–Crippen MR) is 72.1 cm³/mol. The van der Waals surface area contributed by atoms with Crippen molar-refractivity contribution in [2.45, 2.75) is 63.5 Å². The van der Waals surface area contributed by atoms with Gasteiger partial charge in [0.2, 0.25) is 0 Å². The molecule has 0 amide bonds. The fourth-order valence-corrected chi connectivity index (χ4v) is 3.84. The molecule has 1 aliphatic carbocycles. The number of rotatable bonds is 0. The van der Waals surface area contributed by atoms with Crippen molar-refractivity contribution in [2.75, 3.05) is 0 Å². The topological polar surface area (TPSA) is 12.0 Å². The first-order chi connectivity index (χ1) is 8.29. The molecule has 1 aromatic carbocycles. The Kier molecular flexibility index (Phi) is 2.96. The van der Waals surface area contributed by atoms with Crippen LogP contribution in [-0.2, 0) is 6.54 Å². The highest BCUT2D eigenvalue weighted by molar-refractivity contribution is 5.32. The third-order valence-corrected chi connectivity index (χ3v) is 4.75. The normalized spacial score (nSPS) is 27.5. The van der Waals surface area contributed by atoms with Gasteiger partial charge >= 0.3 is 0 Å². The van der Waals surface area contributed by atoms with Gasteiger partial charge in [-0.1, -0.05) is 50.5 Å². The number of fused-ring (bicyclic) bond motifs is 1. The Bertz CT molecular complexity index is 390. The molecule has 2 aliphatic rings. The molecule has 1 N–H and O–H groups in total. The Morgan fingerprint density at radius 1 is 1.12 bits per heavy atom. The summed E-state index contributed by atoms with van der Waals surface area (Å²) in [6, 6.07) is 8.98. The second kappa shape index (κ2) is 4.45. The third kappa shape index (κ3) is 2.13. The van der Waals surface area contributed by atoms with Crippen molar-refractivity contribution in [3.8, 4) is 0 Å². The van der Waals surface area contributed by atoms with E-state index in [2.05, 4.69) is 36.5 Å². The Morgan fingerprint density at radius 3 is 2.71 bits per heavy atom. The molecule has 1 nitrogen and oxygen atoms in total. The van der Waals surface area contributed by atoms with Crippen LogP contribution in [-0.4, -0.2) is 5.54 Å². The Hall–Kier alpha value is -0.820. The van der Waals surface area contributed by atoms with Crippen LogP contribution in [0.1, 0.15) is 62.5 Å². The second-order valence-electron chi connectivity index (χ2n) is 6.00. The van der Waals surface area contributed by atoms with E-state index in [1.54, 1.807) is 5.56 Å². The van der Waals surface area contributed by atoms with Crippen LogP contribution in [0.3, 0.4) is 0 Å². The van der Waals surface area contributed by atoms with E-state index in [9.17, 15) is 0 Å². The van der Waals surface area contributed by atoms with Gasteiger partial charge in [-0.15, -0.1) is 0 Å². The number of benzene rings is 1. The van der Waals surface area contributed by atoms with Gasteiger partial charge in [-0.3, -0.25) is 0 Å². The minimum Gasteiger partial charge on any atom is -0.307 e. The minimum absolute atomic E-state index is 0.441. The van der Waals surface area contributed by atoms with E-state index in [1.165, 1.54) is 44.1 Å². The molecule has 1 fully saturated rings. The van der Waals surface area contributed by atoms with E-state index in [-0.39, 0.29) is 0 Å². The van der Waals surface area contributed by atoms with E-state index in [0.29, 0.717) is 11.5 Å². The molecule has 0 radical (unpaired) electrons. The molecule has 17 heavy (non-hydrogen) atoms. The minimum atomic E-state index is 0.441. The van der Waals surface area contributed by atoms with E-state index >= 15 is 0 Å². The van der Waals surface area contributed by atoms with E-state index in [0.717, 1.165) is 6.54 Å². The summed E-state index contributed by atoms with van der Waals surface area (Å²) in [6.45, 7) is 3.47. The van der Waals surface area contributed by atoms with Crippen molar-refractivity contribution in [1.82, 2.24) is 5.32 Å². The maximum absolute atomic E-state index is 3.88. The van der Waals surface area contributed by atoms with Crippen molar-refractivity contribution in [2.24, 2.45) is 0 Å². The molecule has 1 heterocycles. The van der Waals surface area contributed by atoms with Gasteiger partial charge in [0, 0.05) is 12.1 Å². The monoisotopic (exact) mass is 229 g/mol. The van der Waals surface area contributed by atoms with E-state index < -0.39 is 0 Å². The standard InChI is InChI=1S/C16H23N/c1-13-11-16(9-5-2-6-10-16)17-12-14-7-3-4-8-15(13)14/h3-4,7-8,13,17H,2,5-6,9-12H2,1H3/t13-/m1/s1. The molecule has 0 unspecified atom stereocenters. The fraction of sp³-hybridized carbons (Fsp3) is 0.625. The van der Waals surface area contributed by atoms with Crippen LogP contribution in [0.2, 0.25) is 0 Å². The van der Waals surface area contributed by atoms with Crippen LogP contribution in [0.5, 0.6) is 0 Å². The largest absolute Gasteiger partial charge is 0.307 e. The van der Waals surface area contributed by atoms with Crippen molar-refractivity contribution in [1.29, 1.82) is 0 Å². The Morgan fingerprint density at radius 2 is 1.88 bits per heavy atom. The van der Waals surface area contributed by atoms with Gasteiger partial charge in [-0.2, -0.15) is 0 Å². The lowest BCUT2D eigenvalue weighted by Gasteiger charge is -2.38. The molecule has 1 aliphatic heterocycles. The van der Waals surface area contributed by atoms with Crippen LogP contribution in [0.4, 0.5) is 0 Å². The molecule has 0 aromatic heterocycles. The highest BCUT2D eigenvalue weighted by Crippen LogP contribution is 2.39. The number of hydrogen-bond acceptors (Lipinski definition) is 1. The third-order valence-electron chi connectivity index (χ3n) is 4.75. The molecule has 92 valence electrons. The summed E-state index contributed by atoms with van der Waals surface area (Å²) in [5, 5.41) is 3.88. The average molecular weight is 229 g/mol. The summed E-state index contributed by atoms with van der Waals surface area (Å²) in [7, 11) is 0. The van der Waals surface area contributed by atoms with Gasteiger partial charge < -0.3 is 5.32 Å². The van der Waals surface area contributed by atoms with E-state index in [1.807, 2.05) is 0 Å². The van der Waals surface area contributed by atoms with Gasteiger partial charge in [-0.25, -0.2) is 0 Å². The zero-order valence-corrected chi connectivity index (χ0v) is 10.8. The average Bonchev–Trinajstić information content (AvgIpc) is 2.50. The predicted octanol–water partition coefficient (Wildman–Crippen LogP) is 3.99. The summed E-state index contributed by atoms with van der Waals surface area (Å²) in [6.07, 6.45) is 8.34. The highest BCUT2D eigenvalue weighted by atomic mass is 15.0. The maximum Gasteiger partial charge on any atom is 0.0213 e. The van der Waals surface area contributed by atoms with Crippen LogP contribution in [0.15, 0.2) is 24.3 Å². The summed E-state index contributed by atoms with van der Waals surface area (Å²) < 4.78 is 0. The van der Waals surface area contributed by atoms with Crippen LogP contribution in [0.25, 0.3) is 0 Å². The molecule has 0 saturated heterocycles. The lowest BCUT2D eigenvalue weighted by molar-refractivity contribution is 0.209. The van der Waals surface area contributed by atoms with Gasteiger partial charge in [-0.05, 0) is 36.3 Å². The summed E-state index contributed by atoms with van der Waals surface area (Å²) >= 11 is 0. The molecule has 3 rings (SSSR count). The lowest BCUT2D eigenvalue weighted by atomic mass is 9.75. The zero-order chi connectivity index (χ0) is 11.7. The van der Waals surface area contributed by atoms with Gasteiger partial charge in [0.25, 0.3) is 0 Å². The quantitative estimate of drug-likeness (QED) is 0.709. The highest BCUT2D eigenvalue weighted by Gasteiger charge is 2.35. The van der Waals surface area contributed by atoms with Crippen molar-refractivity contribution >= 4 is 0 Å². The zero-order valence-electron chi connectivity index (χ0n) is 10.8. The number of hydrogen-bond donors (Lipinski definition) is 1. The van der Waals surface area contributed by atoms with Gasteiger partial charge in [0.15, 0.2) is 0 Å². The maximum atomic E-state index is 3.88. The van der Waals surface area contributed by atoms with Gasteiger partial charge in [0.05, 0.1) is 0 Å². The van der Waals surface area contributed by atoms with Crippen LogP contribution >= 0.6 is 0 Å². The van der Waals surface area contributed by atoms with Crippen LogP contribution in [0, 0.1) is 0 Å². The second-order valence-corrected chi connectivity index (χ2v) is 6.00. The van der Waals surface area contributed by atoms with Crippen LogP contribution < -0.4 is 5.32 Å². The summed E-state index contributed by atoms with van der Waals surface area (Å²) in [5.74, 6) is 0.708. The molecule has 1 saturated carbocycles.